The number of nitrogens with zero attached hydrogens (tertiary/aromatic N) is 1. The fraction of sp³-hybridized carbons (Fsp3) is 0.500. The Hall–Kier alpha value is -2.40. The lowest BCUT2D eigenvalue weighted by atomic mass is 9.77. The molecule has 31 heavy (non-hydrogen) atoms. The van der Waals surface area contributed by atoms with Crippen LogP contribution in [0.2, 0.25) is 0 Å². The number of piperidine rings is 1. The molecule has 1 amide bonds. The molecule has 2 aliphatic rings. The first-order valence-corrected chi connectivity index (χ1v) is 11.6. The molecule has 4 nitrogen and oxygen atoms in total. The van der Waals surface area contributed by atoms with Crippen molar-refractivity contribution < 1.29 is 13.9 Å². The van der Waals surface area contributed by atoms with Gasteiger partial charge in [-0.15, -0.1) is 0 Å². The summed E-state index contributed by atoms with van der Waals surface area (Å²) in [5, 5.41) is 3.02. The number of hydrogen-bond donors (Lipinski definition) is 1. The van der Waals surface area contributed by atoms with Crippen LogP contribution < -0.4 is 10.1 Å². The molecule has 1 saturated carbocycles. The van der Waals surface area contributed by atoms with Gasteiger partial charge in [-0.25, -0.2) is 4.39 Å². The van der Waals surface area contributed by atoms with Gasteiger partial charge in [0.15, 0.2) is 0 Å². The van der Waals surface area contributed by atoms with Crippen molar-refractivity contribution in [3.63, 3.8) is 0 Å². The monoisotopic (exact) mass is 424 g/mol. The molecular formula is C26H33FN2O2. The fourth-order valence-electron chi connectivity index (χ4n) is 5.10. The average molecular weight is 425 g/mol. The minimum absolute atomic E-state index is 0.122. The Balaban J connectivity index is 1.36. The number of carbonyl (C=O) groups excluding carboxylic acids is 1. The number of anilines is 1. The zero-order chi connectivity index (χ0) is 21.7. The smallest absolute Gasteiger partial charge is 0.235 e. The highest BCUT2D eigenvalue weighted by atomic mass is 19.1. The van der Waals surface area contributed by atoms with Crippen molar-refractivity contribution in [1.82, 2.24) is 4.90 Å². The minimum atomic E-state index is -0.786. The Morgan fingerprint density at radius 3 is 2.55 bits per heavy atom. The molecule has 2 fully saturated rings. The van der Waals surface area contributed by atoms with E-state index in [-0.39, 0.29) is 11.7 Å². The van der Waals surface area contributed by atoms with Crippen molar-refractivity contribution in [1.29, 1.82) is 0 Å². The second-order valence-corrected chi connectivity index (χ2v) is 8.98. The van der Waals surface area contributed by atoms with E-state index in [1.807, 2.05) is 30.3 Å². The third kappa shape index (κ3) is 4.93. The summed E-state index contributed by atoms with van der Waals surface area (Å²) < 4.78 is 20.4. The Labute approximate surface area is 184 Å². The number of halogens is 1. The molecule has 1 heterocycles. The highest BCUT2D eigenvalue weighted by Gasteiger charge is 2.44. The van der Waals surface area contributed by atoms with Crippen molar-refractivity contribution in [2.45, 2.75) is 63.3 Å². The van der Waals surface area contributed by atoms with E-state index in [1.165, 1.54) is 25.3 Å². The van der Waals surface area contributed by atoms with Crippen LogP contribution in [-0.2, 0) is 10.2 Å². The van der Waals surface area contributed by atoms with Crippen molar-refractivity contribution in [2.75, 3.05) is 25.0 Å². The molecule has 2 aromatic rings. The third-order valence-corrected chi connectivity index (χ3v) is 6.98. The van der Waals surface area contributed by atoms with Crippen LogP contribution in [0.3, 0.4) is 0 Å². The molecule has 4 rings (SSSR count). The van der Waals surface area contributed by atoms with E-state index in [9.17, 15) is 9.18 Å². The minimum Gasteiger partial charge on any atom is -0.492 e. The molecule has 1 N–H and O–H groups in total. The molecule has 2 aromatic carbocycles. The lowest BCUT2D eigenvalue weighted by molar-refractivity contribution is -0.121. The summed E-state index contributed by atoms with van der Waals surface area (Å²) in [6, 6.07) is 14.8. The van der Waals surface area contributed by atoms with Crippen LogP contribution in [0.15, 0.2) is 48.5 Å². The zero-order valence-electron chi connectivity index (χ0n) is 18.4. The number of nitrogens with one attached hydrogen (secondary N) is 1. The van der Waals surface area contributed by atoms with Gasteiger partial charge in [0.2, 0.25) is 5.91 Å². The summed E-state index contributed by atoms with van der Waals surface area (Å²) in [6.45, 7) is 5.03. The van der Waals surface area contributed by atoms with Gasteiger partial charge in [-0.1, -0.05) is 37.5 Å². The number of carbonyl (C=O) groups is 1. The number of likely N-dealkylation sites (tertiary alicyclic amines) is 1. The molecule has 1 atom stereocenters. The van der Waals surface area contributed by atoms with Crippen molar-refractivity contribution in [3.05, 3.63) is 59.9 Å². The SMILES string of the molecule is CC1CCCCN1CCOc1ccc(NC(=O)C2(c3ccccc3F)CCCC2)cc1. The van der Waals surface area contributed by atoms with Crippen LogP contribution in [0.4, 0.5) is 10.1 Å². The summed E-state index contributed by atoms with van der Waals surface area (Å²) in [7, 11) is 0. The molecule has 1 aliphatic carbocycles. The third-order valence-electron chi connectivity index (χ3n) is 6.98. The van der Waals surface area contributed by atoms with E-state index < -0.39 is 5.41 Å². The average Bonchev–Trinajstić information content (AvgIpc) is 3.28. The number of benzene rings is 2. The van der Waals surface area contributed by atoms with Crippen LogP contribution in [-0.4, -0.2) is 36.5 Å². The van der Waals surface area contributed by atoms with E-state index in [0.717, 1.165) is 31.7 Å². The number of ether oxygens (including phenoxy) is 1. The lowest BCUT2D eigenvalue weighted by Crippen LogP contribution is -2.39. The van der Waals surface area contributed by atoms with E-state index >= 15 is 0 Å². The predicted molar refractivity (Wildman–Crippen MR) is 122 cm³/mol. The summed E-state index contributed by atoms with van der Waals surface area (Å²) in [4.78, 5) is 15.7. The predicted octanol–water partition coefficient (Wildman–Crippen LogP) is 5.53. The summed E-state index contributed by atoms with van der Waals surface area (Å²) in [5.74, 6) is 0.376. The maximum absolute atomic E-state index is 14.5. The van der Waals surface area contributed by atoms with Gasteiger partial charge >= 0.3 is 0 Å². The van der Waals surface area contributed by atoms with Crippen LogP contribution >= 0.6 is 0 Å². The quantitative estimate of drug-likeness (QED) is 0.635. The summed E-state index contributed by atoms with van der Waals surface area (Å²) in [5.41, 5.74) is 0.438. The van der Waals surface area contributed by atoms with Gasteiger partial charge in [-0.3, -0.25) is 9.69 Å². The van der Waals surface area contributed by atoms with Crippen LogP contribution in [0, 0.1) is 5.82 Å². The Bertz CT molecular complexity index is 877. The van der Waals surface area contributed by atoms with Gasteiger partial charge in [-0.2, -0.15) is 0 Å². The van der Waals surface area contributed by atoms with E-state index in [1.54, 1.807) is 12.1 Å². The van der Waals surface area contributed by atoms with Gasteiger partial charge in [-0.05, 0) is 69.5 Å². The number of amides is 1. The Morgan fingerprint density at radius 1 is 1.10 bits per heavy atom. The van der Waals surface area contributed by atoms with Gasteiger partial charge in [0, 0.05) is 23.8 Å². The lowest BCUT2D eigenvalue weighted by Gasteiger charge is -2.33. The second-order valence-electron chi connectivity index (χ2n) is 8.98. The summed E-state index contributed by atoms with van der Waals surface area (Å²) in [6.07, 6.45) is 7.08. The maximum Gasteiger partial charge on any atom is 0.235 e. The molecule has 1 aliphatic heterocycles. The van der Waals surface area contributed by atoms with Crippen molar-refractivity contribution in [2.24, 2.45) is 0 Å². The standard InChI is InChI=1S/C26H33FN2O2/c1-20-8-4-7-17-29(20)18-19-31-22-13-11-21(12-14-22)28-25(30)26(15-5-6-16-26)23-9-2-3-10-24(23)27/h2-3,9-14,20H,4-8,15-19H2,1H3,(H,28,30). The zero-order valence-corrected chi connectivity index (χ0v) is 18.4. The van der Waals surface area contributed by atoms with Crippen molar-refractivity contribution in [3.8, 4) is 5.75 Å². The Kier molecular flexibility index (Phi) is 6.91. The van der Waals surface area contributed by atoms with Crippen LogP contribution in [0.5, 0.6) is 5.75 Å². The van der Waals surface area contributed by atoms with E-state index in [0.29, 0.717) is 36.7 Å². The molecular weight excluding hydrogens is 391 g/mol. The van der Waals surface area contributed by atoms with Crippen LogP contribution in [0.1, 0.15) is 57.4 Å². The highest BCUT2D eigenvalue weighted by molar-refractivity contribution is 5.99. The van der Waals surface area contributed by atoms with Gasteiger partial charge < -0.3 is 10.1 Å². The molecule has 166 valence electrons. The molecule has 1 saturated heterocycles. The first kappa shape index (κ1) is 21.8. The topological polar surface area (TPSA) is 41.6 Å². The van der Waals surface area contributed by atoms with E-state index in [2.05, 4.69) is 17.1 Å². The Morgan fingerprint density at radius 2 is 1.84 bits per heavy atom. The molecule has 0 spiro atoms. The number of rotatable bonds is 7. The van der Waals surface area contributed by atoms with Crippen molar-refractivity contribution >= 4 is 11.6 Å². The number of hydrogen-bond acceptors (Lipinski definition) is 3. The maximum atomic E-state index is 14.5. The van der Waals surface area contributed by atoms with Gasteiger partial charge in [0.05, 0.1) is 5.41 Å². The molecule has 0 radical (unpaired) electrons. The molecule has 1 unspecified atom stereocenters. The second kappa shape index (κ2) is 9.82. The van der Waals surface area contributed by atoms with Crippen LogP contribution in [0.25, 0.3) is 0 Å². The van der Waals surface area contributed by atoms with Gasteiger partial charge in [0.25, 0.3) is 0 Å². The first-order valence-electron chi connectivity index (χ1n) is 11.6. The largest absolute Gasteiger partial charge is 0.492 e. The molecule has 0 aromatic heterocycles. The fourth-order valence-corrected chi connectivity index (χ4v) is 5.10. The van der Waals surface area contributed by atoms with Gasteiger partial charge in [0.1, 0.15) is 18.2 Å². The first-order chi connectivity index (χ1) is 15.1. The molecule has 0 bridgehead atoms. The molecule has 5 heteroatoms. The summed E-state index contributed by atoms with van der Waals surface area (Å²) >= 11 is 0. The van der Waals surface area contributed by atoms with E-state index in [4.69, 9.17) is 4.74 Å². The highest BCUT2D eigenvalue weighted by Crippen LogP contribution is 2.43. The normalized spacial score (nSPS) is 21.0.